The SMILES string of the molecule is COc1ccc(NC(=O)C2Cc3ccccc3CN2C(=O)c2ccco2)cc1OC. The monoisotopic (exact) mass is 406 g/mol. The highest BCUT2D eigenvalue weighted by atomic mass is 16.5. The summed E-state index contributed by atoms with van der Waals surface area (Å²) in [7, 11) is 3.08. The van der Waals surface area contributed by atoms with Crippen molar-refractivity contribution in [3.05, 3.63) is 77.7 Å². The Hall–Kier alpha value is -3.74. The average molecular weight is 406 g/mol. The van der Waals surface area contributed by atoms with Crippen LogP contribution in [0.15, 0.2) is 65.3 Å². The number of methoxy groups -OCH3 is 2. The molecule has 7 heteroatoms. The first-order valence-electron chi connectivity index (χ1n) is 9.55. The zero-order valence-electron chi connectivity index (χ0n) is 16.8. The first-order valence-corrected chi connectivity index (χ1v) is 9.55. The van der Waals surface area contributed by atoms with E-state index in [1.807, 2.05) is 24.3 Å². The number of anilines is 1. The van der Waals surface area contributed by atoms with Crippen LogP contribution in [0.4, 0.5) is 5.69 Å². The van der Waals surface area contributed by atoms with E-state index in [2.05, 4.69) is 5.32 Å². The molecule has 0 bridgehead atoms. The highest BCUT2D eigenvalue weighted by Gasteiger charge is 2.36. The van der Waals surface area contributed by atoms with Crippen LogP contribution in [0.5, 0.6) is 11.5 Å². The molecule has 154 valence electrons. The van der Waals surface area contributed by atoms with Crippen LogP contribution in [-0.2, 0) is 17.8 Å². The highest BCUT2D eigenvalue weighted by molar-refractivity contribution is 6.00. The molecule has 1 N–H and O–H groups in total. The number of furan rings is 1. The Balaban J connectivity index is 1.62. The summed E-state index contributed by atoms with van der Waals surface area (Å²) >= 11 is 0. The van der Waals surface area contributed by atoms with Crippen molar-refractivity contribution < 1.29 is 23.5 Å². The Morgan fingerprint density at radius 2 is 1.77 bits per heavy atom. The smallest absolute Gasteiger partial charge is 0.290 e. The van der Waals surface area contributed by atoms with Gasteiger partial charge in [-0.2, -0.15) is 0 Å². The van der Waals surface area contributed by atoms with Crippen LogP contribution in [0.1, 0.15) is 21.7 Å². The Labute approximate surface area is 174 Å². The molecule has 1 unspecified atom stereocenters. The van der Waals surface area contributed by atoms with Gasteiger partial charge in [-0.25, -0.2) is 0 Å². The molecule has 0 fully saturated rings. The normalized spacial score (nSPS) is 15.3. The largest absolute Gasteiger partial charge is 0.493 e. The molecule has 1 aromatic heterocycles. The minimum absolute atomic E-state index is 0.207. The lowest BCUT2D eigenvalue weighted by Gasteiger charge is -2.35. The van der Waals surface area contributed by atoms with Crippen LogP contribution in [0.3, 0.4) is 0 Å². The lowest BCUT2D eigenvalue weighted by atomic mass is 9.93. The van der Waals surface area contributed by atoms with Gasteiger partial charge in [0, 0.05) is 24.7 Å². The number of carbonyl (C=O) groups excluding carboxylic acids is 2. The second-order valence-electron chi connectivity index (χ2n) is 6.96. The molecule has 2 amide bonds. The molecule has 4 rings (SSSR count). The van der Waals surface area contributed by atoms with Gasteiger partial charge in [0.05, 0.1) is 20.5 Å². The summed E-state index contributed by atoms with van der Waals surface area (Å²) in [6.45, 7) is 0.333. The van der Waals surface area contributed by atoms with E-state index >= 15 is 0 Å². The van der Waals surface area contributed by atoms with E-state index in [-0.39, 0.29) is 17.6 Å². The predicted octanol–water partition coefficient (Wildman–Crippen LogP) is 3.50. The van der Waals surface area contributed by atoms with Crippen LogP contribution in [-0.4, -0.2) is 37.0 Å². The number of hydrogen-bond donors (Lipinski definition) is 1. The van der Waals surface area contributed by atoms with Crippen LogP contribution >= 0.6 is 0 Å². The summed E-state index contributed by atoms with van der Waals surface area (Å²) in [4.78, 5) is 27.8. The number of carbonyl (C=O) groups is 2. The maximum absolute atomic E-state index is 13.2. The molecule has 7 nitrogen and oxygen atoms in total. The van der Waals surface area contributed by atoms with E-state index < -0.39 is 6.04 Å². The molecule has 2 heterocycles. The minimum Gasteiger partial charge on any atom is -0.493 e. The number of benzene rings is 2. The van der Waals surface area contributed by atoms with Crippen molar-refractivity contribution >= 4 is 17.5 Å². The van der Waals surface area contributed by atoms with Crippen LogP contribution < -0.4 is 14.8 Å². The first kappa shape index (κ1) is 19.6. The summed E-state index contributed by atoms with van der Waals surface area (Å²) in [6, 6.07) is 15.5. The number of rotatable bonds is 5. The van der Waals surface area contributed by atoms with Crippen molar-refractivity contribution in [2.24, 2.45) is 0 Å². The van der Waals surface area contributed by atoms with Crippen LogP contribution in [0.2, 0.25) is 0 Å². The lowest BCUT2D eigenvalue weighted by molar-refractivity contribution is -0.121. The fourth-order valence-corrected chi connectivity index (χ4v) is 3.65. The maximum atomic E-state index is 13.2. The molecule has 0 aliphatic carbocycles. The molecule has 3 aromatic rings. The Kier molecular flexibility index (Phi) is 5.43. The Bertz CT molecular complexity index is 1060. The third-order valence-corrected chi connectivity index (χ3v) is 5.20. The molecule has 0 radical (unpaired) electrons. The summed E-state index contributed by atoms with van der Waals surface area (Å²) in [5, 5.41) is 2.90. The third kappa shape index (κ3) is 3.74. The van der Waals surface area contributed by atoms with Gasteiger partial charge in [0.1, 0.15) is 6.04 Å². The van der Waals surface area contributed by atoms with Gasteiger partial charge in [-0.15, -0.1) is 0 Å². The van der Waals surface area contributed by atoms with Crippen molar-refractivity contribution in [2.75, 3.05) is 19.5 Å². The van der Waals surface area contributed by atoms with Gasteiger partial charge in [0.2, 0.25) is 5.91 Å². The quantitative estimate of drug-likeness (QED) is 0.701. The van der Waals surface area contributed by atoms with E-state index in [0.717, 1.165) is 11.1 Å². The van der Waals surface area contributed by atoms with Crippen molar-refractivity contribution in [1.29, 1.82) is 0 Å². The number of amides is 2. The van der Waals surface area contributed by atoms with Crippen molar-refractivity contribution in [2.45, 2.75) is 19.0 Å². The second kappa shape index (κ2) is 8.32. The zero-order chi connectivity index (χ0) is 21.1. The number of nitrogens with one attached hydrogen (secondary N) is 1. The first-order chi connectivity index (χ1) is 14.6. The molecule has 0 saturated heterocycles. The fourth-order valence-electron chi connectivity index (χ4n) is 3.65. The lowest BCUT2D eigenvalue weighted by Crippen LogP contribution is -2.50. The third-order valence-electron chi connectivity index (χ3n) is 5.20. The number of ether oxygens (including phenoxy) is 2. The molecular weight excluding hydrogens is 384 g/mol. The van der Waals surface area contributed by atoms with Gasteiger partial charge in [-0.3, -0.25) is 9.59 Å². The molecule has 30 heavy (non-hydrogen) atoms. The number of fused-ring (bicyclic) bond motifs is 1. The molecule has 1 aliphatic rings. The van der Waals surface area contributed by atoms with Gasteiger partial charge < -0.3 is 24.1 Å². The van der Waals surface area contributed by atoms with E-state index in [9.17, 15) is 9.59 Å². The highest BCUT2D eigenvalue weighted by Crippen LogP contribution is 2.31. The van der Waals surface area contributed by atoms with Gasteiger partial charge in [0.15, 0.2) is 17.3 Å². The van der Waals surface area contributed by atoms with Crippen molar-refractivity contribution in [3.63, 3.8) is 0 Å². The van der Waals surface area contributed by atoms with E-state index in [0.29, 0.717) is 30.2 Å². The summed E-state index contributed by atoms with van der Waals surface area (Å²) < 4.78 is 15.8. The fraction of sp³-hybridized carbons (Fsp3) is 0.217. The van der Waals surface area contributed by atoms with Crippen LogP contribution in [0.25, 0.3) is 0 Å². The average Bonchev–Trinajstić information content (AvgIpc) is 3.32. The van der Waals surface area contributed by atoms with Gasteiger partial charge in [-0.05, 0) is 35.4 Å². The molecule has 1 atom stereocenters. The number of nitrogens with zero attached hydrogens (tertiary/aromatic N) is 1. The molecule has 0 spiro atoms. The standard InChI is InChI=1S/C23H22N2O5/c1-28-19-10-9-17(13-21(19)29-2)24-22(26)18-12-15-6-3-4-7-16(15)14-25(18)23(27)20-8-5-11-30-20/h3-11,13,18H,12,14H2,1-2H3,(H,24,26). The van der Waals surface area contributed by atoms with E-state index in [1.165, 1.54) is 13.4 Å². The van der Waals surface area contributed by atoms with Gasteiger partial charge in [0.25, 0.3) is 5.91 Å². The van der Waals surface area contributed by atoms with Gasteiger partial charge in [-0.1, -0.05) is 24.3 Å². The Morgan fingerprint density at radius 1 is 1.00 bits per heavy atom. The predicted molar refractivity (Wildman–Crippen MR) is 111 cm³/mol. The summed E-state index contributed by atoms with van der Waals surface area (Å²) in [5.41, 5.74) is 2.63. The van der Waals surface area contributed by atoms with E-state index in [1.54, 1.807) is 42.3 Å². The van der Waals surface area contributed by atoms with Crippen molar-refractivity contribution in [3.8, 4) is 11.5 Å². The molecule has 0 saturated carbocycles. The topological polar surface area (TPSA) is 81.0 Å². The van der Waals surface area contributed by atoms with Gasteiger partial charge >= 0.3 is 0 Å². The molecular formula is C23H22N2O5. The number of hydrogen-bond acceptors (Lipinski definition) is 5. The molecule has 2 aromatic carbocycles. The van der Waals surface area contributed by atoms with E-state index in [4.69, 9.17) is 13.9 Å². The zero-order valence-corrected chi connectivity index (χ0v) is 16.8. The van der Waals surface area contributed by atoms with Crippen LogP contribution in [0, 0.1) is 0 Å². The second-order valence-corrected chi connectivity index (χ2v) is 6.96. The summed E-state index contributed by atoms with van der Waals surface area (Å²) in [5.74, 6) is 0.682. The summed E-state index contributed by atoms with van der Waals surface area (Å²) in [6.07, 6.45) is 1.87. The van der Waals surface area contributed by atoms with Crippen molar-refractivity contribution in [1.82, 2.24) is 4.90 Å². The maximum Gasteiger partial charge on any atom is 0.290 e. The molecule has 1 aliphatic heterocycles. The Morgan fingerprint density at radius 3 is 2.47 bits per heavy atom. The minimum atomic E-state index is -0.675.